The lowest BCUT2D eigenvalue weighted by molar-refractivity contribution is 0.195. The summed E-state index contributed by atoms with van der Waals surface area (Å²) >= 11 is 18.3. The van der Waals surface area contributed by atoms with Crippen molar-refractivity contribution >= 4 is 46.3 Å². The van der Waals surface area contributed by atoms with Crippen molar-refractivity contribution in [2.75, 3.05) is 13.2 Å². The summed E-state index contributed by atoms with van der Waals surface area (Å²) in [4.78, 5) is 4.08. The molecule has 0 saturated heterocycles. The molecule has 3 aromatic rings. The molecule has 0 atom stereocenters. The molecule has 0 bridgehead atoms. The van der Waals surface area contributed by atoms with Crippen LogP contribution in [0.15, 0.2) is 61.2 Å². The first-order chi connectivity index (χ1) is 13.0. The average Bonchev–Trinajstić information content (AvgIpc) is 3.18. The fourth-order valence-electron chi connectivity index (χ4n) is 2.46. The summed E-state index contributed by atoms with van der Waals surface area (Å²) in [5.74, 6) is 1.36. The van der Waals surface area contributed by atoms with E-state index >= 15 is 0 Å². The van der Waals surface area contributed by atoms with E-state index in [4.69, 9.17) is 44.3 Å². The summed E-state index contributed by atoms with van der Waals surface area (Å²) in [5, 5.41) is 1.74. The van der Waals surface area contributed by atoms with Gasteiger partial charge in [-0.1, -0.05) is 34.8 Å². The number of nitrogens with zero attached hydrogens (tertiary/aromatic N) is 2. The minimum absolute atomic E-state index is 0.336. The number of hydrogen-bond acceptors (Lipinski definition) is 3. The summed E-state index contributed by atoms with van der Waals surface area (Å²) < 4.78 is 13.6. The molecule has 7 heteroatoms. The quantitative estimate of drug-likeness (QED) is 0.331. The van der Waals surface area contributed by atoms with E-state index in [-0.39, 0.29) is 0 Å². The first kappa shape index (κ1) is 19.6. The fourth-order valence-corrected chi connectivity index (χ4v) is 3.08. The molecule has 0 aliphatic rings. The normalized spacial score (nSPS) is 11.9. The number of allylic oxidation sites excluding steroid dienone is 1. The Kier molecular flexibility index (Phi) is 6.67. The van der Waals surface area contributed by atoms with Crippen molar-refractivity contribution in [3.8, 4) is 5.75 Å². The van der Waals surface area contributed by atoms with Gasteiger partial charge < -0.3 is 14.0 Å². The largest absolute Gasteiger partial charge is 0.490 e. The second kappa shape index (κ2) is 9.18. The molecule has 140 valence electrons. The molecule has 4 nitrogen and oxygen atoms in total. The van der Waals surface area contributed by atoms with Crippen molar-refractivity contribution in [2.45, 2.75) is 6.92 Å². The highest BCUT2D eigenvalue weighted by Gasteiger charge is 2.14. The van der Waals surface area contributed by atoms with Crippen molar-refractivity contribution in [3.05, 3.63) is 81.8 Å². The van der Waals surface area contributed by atoms with E-state index in [0.717, 1.165) is 17.0 Å². The first-order valence-corrected chi connectivity index (χ1v) is 9.34. The third-order valence-electron chi connectivity index (χ3n) is 3.81. The summed E-state index contributed by atoms with van der Waals surface area (Å²) in [7, 11) is 0. The van der Waals surface area contributed by atoms with Crippen LogP contribution in [-0.4, -0.2) is 22.8 Å². The Bertz CT molecular complexity index is 923. The van der Waals surface area contributed by atoms with Crippen molar-refractivity contribution in [3.63, 3.8) is 0 Å². The molecule has 27 heavy (non-hydrogen) atoms. The molecule has 1 heterocycles. The summed E-state index contributed by atoms with van der Waals surface area (Å²) in [6, 6.07) is 12.5. The predicted octanol–water partition coefficient (Wildman–Crippen LogP) is 6.28. The van der Waals surface area contributed by atoms with Crippen LogP contribution in [-0.2, 0) is 4.74 Å². The van der Waals surface area contributed by atoms with Crippen molar-refractivity contribution in [1.29, 1.82) is 0 Å². The fraction of sp³-hybridized carbons (Fsp3) is 0.150. The molecule has 0 unspecified atom stereocenters. The molecule has 0 spiro atoms. The molecule has 0 fully saturated rings. The SMILES string of the molecule is C/C(=C(\OCCOc1ccc(Cl)cc1)c1ccc(Cl)cc1Cl)n1ccnc1. The zero-order chi connectivity index (χ0) is 19.2. The van der Waals surface area contributed by atoms with Gasteiger partial charge in [0.05, 0.1) is 17.0 Å². The average molecular weight is 424 g/mol. The Hall–Kier alpha value is -2.14. The van der Waals surface area contributed by atoms with Crippen LogP contribution in [0.3, 0.4) is 0 Å². The van der Waals surface area contributed by atoms with Gasteiger partial charge in [-0.05, 0) is 49.4 Å². The number of ether oxygens (including phenoxy) is 2. The maximum Gasteiger partial charge on any atom is 0.147 e. The molecule has 3 rings (SSSR count). The second-order valence-electron chi connectivity index (χ2n) is 5.66. The van der Waals surface area contributed by atoms with E-state index in [2.05, 4.69) is 4.98 Å². The Morgan fingerprint density at radius 2 is 1.74 bits per heavy atom. The molecule has 0 aliphatic heterocycles. The Labute approximate surface area is 172 Å². The molecule has 0 amide bonds. The lowest BCUT2D eigenvalue weighted by atomic mass is 10.1. The monoisotopic (exact) mass is 422 g/mol. The van der Waals surface area contributed by atoms with Crippen molar-refractivity contribution < 1.29 is 9.47 Å². The van der Waals surface area contributed by atoms with E-state index in [1.54, 1.807) is 36.8 Å². The lowest BCUT2D eigenvalue weighted by Crippen LogP contribution is -2.08. The van der Waals surface area contributed by atoms with Gasteiger partial charge >= 0.3 is 0 Å². The van der Waals surface area contributed by atoms with Crippen LogP contribution in [0.5, 0.6) is 5.75 Å². The van der Waals surface area contributed by atoms with Gasteiger partial charge in [-0.3, -0.25) is 0 Å². The smallest absolute Gasteiger partial charge is 0.147 e. The van der Waals surface area contributed by atoms with Crippen LogP contribution in [0.2, 0.25) is 15.1 Å². The number of benzene rings is 2. The summed E-state index contributed by atoms with van der Waals surface area (Å²) in [5.41, 5.74) is 1.60. The minimum atomic E-state index is 0.336. The Balaban J connectivity index is 1.76. The Morgan fingerprint density at radius 1 is 1.00 bits per heavy atom. The van der Waals surface area contributed by atoms with Crippen molar-refractivity contribution in [1.82, 2.24) is 9.55 Å². The van der Waals surface area contributed by atoms with Gasteiger partial charge in [0.15, 0.2) is 0 Å². The molecule has 2 aromatic carbocycles. The summed E-state index contributed by atoms with van der Waals surface area (Å²) in [6.07, 6.45) is 5.24. The van der Waals surface area contributed by atoms with E-state index < -0.39 is 0 Å². The van der Waals surface area contributed by atoms with E-state index in [1.807, 2.05) is 35.9 Å². The highest BCUT2D eigenvalue weighted by atomic mass is 35.5. The third kappa shape index (κ3) is 5.19. The van der Waals surface area contributed by atoms with Gasteiger partial charge in [-0.15, -0.1) is 0 Å². The standard InChI is InChI=1S/C20H17Cl3N2O2/c1-14(25-9-8-24-13-25)20(18-7-4-16(22)12-19(18)23)27-11-10-26-17-5-2-15(21)3-6-17/h2-9,12-13H,10-11H2,1H3/b20-14+. The predicted molar refractivity (Wildman–Crippen MR) is 110 cm³/mol. The highest BCUT2D eigenvalue weighted by molar-refractivity contribution is 6.35. The van der Waals surface area contributed by atoms with E-state index in [0.29, 0.717) is 34.0 Å². The summed E-state index contributed by atoms with van der Waals surface area (Å²) in [6.45, 7) is 2.64. The molecule has 0 aliphatic carbocycles. The lowest BCUT2D eigenvalue weighted by Gasteiger charge is -2.17. The number of aromatic nitrogens is 2. The maximum absolute atomic E-state index is 6.39. The van der Waals surface area contributed by atoms with Crippen LogP contribution in [0.4, 0.5) is 0 Å². The number of rotatable bonds is 7. The van der Waals surface area contributed by atoms with Gasteiger partial charge in [-0.25, -0.2) is 4.98 Å². The molecule has 0 radical (unpaired) electrons. The second-order valence-corrected chi connectivity index (χ2v) is 6.94. The van der Waals surface area contributed by atoms with Gasteiger partial charge in [-0.2, -0.15) is 0 Å². The van der Waals surface area contributed by atoms with E-state index in [1.165, 1.54) is 0 Å². The van der Waals surface area contributed by atoms with Crippen molar-refractivity contribution in [2.24, 2.45) is 0 Å². The molecular formula is C20H17Cl3N2O2. The molecule has 1 aromatic heterocycles. The number of imidazole rings is 1. The minimum Gasteiger partial charge on any atom is -0.490 e. The van der Waals surface area contributed by atoms with Crippen LogP contribution in [0, 0.1) is 0 Å². The highest BCUT2D eigenvalue weighted by Crippen LogP contribution is 2.31. The number of hydrogen-bond donors (Lipinski definition) is 0. The third-order valence-corrected chi connectivity index (χ3v) is 4.61. The van der Waals surface area contributed by atoms with Crippen LogP contribution in [0.25, 0.3) is 11.5 Å². The number of halogens is 3. The van der Waals surface area contributed by atoms with Gasteiger partial charge in [0.25, 0.3) is 0 Å². The zero-order valence-electron chi connectivity index (χ0n) is 14.5. The first-order valence-electron chi connectivity index (χ1n) is 8.20. The van der Waals surface area contributed by atoms with Gasteiger partial charge in [0.1, 0.15) is 24.7 Å². The Morgan fingerprint density at radius 3 is 2.41 bits per heavy atom. The molecular weight excluding hydrogens is 407 g/mol. The van der Waals surface area contributed by atoms with Crippen LogP contribution >= 0.6 is 34.8 Å². The van der Waals surface area contributed by atoms with E-state index in [9.17, 15) is 0 Å². The molecule has 0 saturated carbocycles. The maximum atomic E-state index is 6.39. The zero-order valence-corrected chi connectivity index (χ0v) is 16.8. The molecule has 0 N–H and O–H groups in total. The van der Waals surface area contributed by atoms with Gasteiger partial charge in [0.2, 0.25) is 0 Å². The van der Waals surface area contributed by atoms with Crippen LogP contribution in [0.1, 0.15) is 12.5 Å². The topological polar surface area (TPSA) is 36.3 Å². The van der Waals surface area contributed by atoms with Gasteiger partial charge in [0, 0.05) is 28.0 Å². The van der Waals surface area contributed by atoms with Crippen LogP contribution < -0.4 is 4.74 Å².